The number of nitrogens with zero attached hydrogens (tertiary/aromatic N) is 2. The molecule has 5 nitrogen and oxygen atoms in total. The number of likely N-dealkylation sites (tertiary alicyclic amines) is 1. The van der Waals surface area contributed by atoms with E-state index in [1.165, 1.54) is 6.20 Å². The van der Waals surface area contributed by atoms with Crippen molar-refractivity contribution in [2.45, 2.75) is 57.9 Å². The number of amides is 1. The van der Waals surface area contributed by atoms with Crippen LogP contribution in [0.2, 0.25) is 0 Å². The first-order chi connectivity index (χ1) is 15.7. The van der Waals surface area contributed by atoms with Crippen molar-refractivity contribution in [3.05, 3.63) is 58.4 Å². The van der Waals surface area contributed by atoms with Gasteiger partial charge >= 0.3 is 6.18 Å². The second-order valence-corrected chi connectivity index (χ2v) is 9.14. The Morgan fingerprint density at radius 2 is 1.94 bits per heavy atom. The highest BCUT2D eigenvalue weighted by molar-refractivity contribution is 5.79. The van der Waals surface area contributed by atoms with Crippen molar-refractivity contribution in [3.8, 4) is 5.75 Å². The number of halogens is 3. The van der Waals surface area contributed by atoms with E-state index >= 15 is 0 Å². The van der Waals surface area contributed by atoms with E-state index in [9.17, 15) is 18.0 Å². The number of rotatable bonds is 7. The van der Waals surface area contributed by atoms with Gasteiger partial charge in [0.2, 0.25) is 5.91 Å². The lowest BCUT2D eigenvalue weighted by molar-refractivity contribution is -0.138. The van der Waals surface area contributed by atoms with Crippen LogP contribution in [0.15, 0.2) is 30.5 Å². The van der Waals surface area contributed by atoms with Gasteiger partial charge in [-0.3, -0.25) is 14.7 Å². The van der Waals surface area contributed by atoms with E-state index in [4.69, 9.17) is 4.74 Å². The van der Waals surface area contributed by atoms with E-state index in [1.807, 2.05) is 25.1 Å². The van der Waals surface area contributed by atoms with Gasteiger partial charge in [0.05, 0.1) is 17.2 Å². The molecule has 1 amide bonds. The van der Waals surface area contributed by atoms with Crippen molar-refractivity contribution in [1.29, 1.82) is 0 Å². The number of hydrogen-bond donors (Lipinski definition) is 1. The minimum Gasteiger partial charge on any atom is -0.487 e. The second kappa shape index (κ2) is 9.71. The summed E-state index contributed by atoms with van der Waals surface area (Å²) >= 11 is 0. The number of carbonyl (C=O) groups excluding carboxylic acids is 1. The molecule has 2 aliphatic rings. The number of nitrogens with one attached hydrogen (secondary N) is 1. The fourth-order valence-electron chi connectivity index (χ4n) is 4.85. The van der Waals surface area contributed by atoms with Crippen LogP contribution in [-0.4, -0.2) is 35.9 Å². The van der Waals surface area contributed by atoms with Gasteiger partial charge in [-0.1, -0.05) is 25.0 Å². The van der Waals surface area contributed by atoms with Gasteiger partial charge in [-0.05, 0) is 54.5 Å². The first kappa shape index (κ1) is 23.5. The molecule has 1 aromatic carbocycles. The van der Waals surface area contributed by atoms with Gasteiger partial charge in [0.15, 0.2) is 0 Å². The Labute approximate surface area is 192 Å². The summed E-state index contributed by atoms with van der Waals surface area (Å²) < 4.78 is 46.9. The van der Waals surface area contributed by atoms with Crippen LogP contribution in [0.1, 0.15) is 59.5 Å². The summed E-state index contributed by atoms with van der Waals surface area (Å²) in [5.74, 6) is 0.690. The Balaban J connectivity index is 1.38. The Morgan fingerprint density at radius 1 is 1.21 bits per heavy atom. The third-order valence-corrected chi connectivity index (χ3v) is 6.69. The van der Waals surface area contributed by atoms with Crippen molar-refractivity contribution >= 4 is 5.91 Å². The van der Waals surface area contributed by atoms with Crippen molar-refractivity contribution in [1.82, 2.24) is 15.2 Å². The molecule has 4 rings (SSSR count). The van der Waals surface area contributed by atoms with Crippen LogP contribution in [0.5, 0.6) is 5.75 Å². The quantitative estimate of drug-likeness (QED) is 0.642. The number of hydrogen-bond acceptors (Lipinski definition) is 4. The predicted octanol–water partition coefficient (Wildman–Crippen LogP) is 4.82. The Bertz CT molecular complexity index is 997. The maximum Gasteiger partial charge on any atom is 0.416 e. The van der Waals surface area contributed by atoms with E-state index in [0.717, 1.165) is 62.5 Å². The van der Waals surface area contributed by atoms with Crippen LogP contribution in [0.3, 0.4) is 0 Å². The van der Waals surface area contributed by atoms with Gasteiger partial charge in [-0.2, -0.15) is 13.2 Å². The first-order valence-electron chi connectivity index (χ1n) is 11.5. The number of pyridine rings is 1. The summed E-state index contributed by atoms with van der Waals surface area (Å²) in [5, 5.41) is 2.67. The number of alkyl halides is 3. The van der Waals surface area contributed by atoms with Crippen molar-refractivity contribution in [2.24, 2.45) is 5.92 Å². The molecule has 0 bridgehead atoms. The molecule has 2 heterocycles. The van der Waals surface area contributed by atoms with E-state index < -0.39 is 11.7 Å². The fourth-order valence-corrected chi connectivity index (χ4v) is 4.85. The van der Waals surface area contributed by atoms with E-state index in [2.05, 4.69) is 15.2 Å². The zero-order chi connectivity index (χ0) is 23.6. The molecule has 1 aliphatic carbocycles. The molecular formula is C25H30F3N3O2. The SMILES string of the molecule is CNC(=O)C1CN(Cc2ccc(OCc3cc(C(F)(F)F)c(C4CCCC4)cn3)c(C)c2)C1. The van der Waals surface area contributed by atoms with Crippen LogP contribution in [0.25, 0.3) is 0 Å². The van der Waals surface area contributed by atoms with Crippen LogP contribution in [0, 0.1) is 12.8 Å². The second-order valence-electron chi connectivity index (χ2n) is 9.14. The first-order valence-corrected chi connectivity index (χ1v) is 11.5. The van der Waals surface area contributed by atoms with Gasteiger partial charge in [0.1, 0.15) is 12.4 Å². The van der Waals surface area contributed by atoms with Gasteiger partial charge in [0, 0.05) is 32.9 Å². The molecule has 0 spiro atoms. The lowest BCUT2D eigenvalue weighted by atomic mass is 9.94. The Morgan fingerprint density at radius 3 is 2.58 bits per heavy atom. The highest BCUT2D eigenvalue weighted by Crippen LogP contribution is 2.41. The minimum absolute atomic E-state index is 0.0197. The molecular weight excluding hydrogens is 431 g/mol. The monoisotopic (exact) mass is 461 g/mol. The highest BCUT2D eigenvalue weighted by Gasteiger charge is 2.36. The lowest BCUT2D eigenvalue weighted by Crippen LogP contribution is -2.52. The maximum atomic E-state index is 13.7. The summed E-state index contributed by atoms with van der Waals surface area (Å²) in [4.78, 5) is 18.1. The van der Waals surface area contributed by atoms with Gasteiger partial charge in [-0.25, -0.2) is 0 Å². The fraction of sp³-hybridized carbons (Fsp3) is 0.520. The molecule has 2 fully saturated rings. The smallest absolute Gasteiger partial charge is 0.416 e. The largest absolute Gasteiger partial charge is 0.487 e. The lowest BCUT2D eigenvalue weighted by Gasteiger charge is -2.38. The number of aromatic nitrogens is 1. The number of aryl methyl sites for hydroxylation is 1. The predicted molar refractivity (Wildman–Crippen MR) is 119 cm³/mol. The van der Waals surface area contributed by atoms with E-state index in [-0.39, 0.29) is 30.0 Å². The molecule has 0 radical (unpaired) electrons. The number of carbonyl (C=O) groups is 1. The highest BCUT2D eigenvalue weighted by atomic mass is 19.4. The summed E-state index contributed by atoms with van der Waals surface area (Å²) in [7, 11) is 1.65. The van der Waals surface area contributed by atoms with Gasteiger partial charge < -0.3 is 10.1 Å². The average molecular weight is 462 g/mol. The Hall–Kier alpha value is -2.61. The molecule has 1 aliphatic heterocycles. The minimum atomic E-state index is -4.40. The van der Waals surface area contributed by atoms with Crippen LogP contribution >= 0.6 is 0 Å². The topological polar surface area (TPSA) is 54.5 Å². The molecule has 0 atom stereocenters. The van der Waals surface area contributed by atoms with Crippen molar-refractivity contribution in [2.75, 3.05) is 20.1 Å². The summed E-state index contributed by atoms with van der Waals surface area (Å²) in [5.41, 5.74) is 2.02. The molecule has 8 heteroatoms. The normalized spacial score (nSPS) is 17.7. The summed E-state index contributed by atoms with van der Waals surface area (Å²) in [6.07, 6.45) is 0.503. The average Bonchev–Trinajstić information content (AvgIpc) is 3.29. The van der Waals surface area contributed by atoms with Crippen LogP contribution < -0.4 is 10.1 Å². The van der Waals surface area contributed by atoms with Crippen LogP contribution in [0.4, 0.5) is 13.2 Å². The Kier molecular flexibility index (Phi) is 6.93. The zero-order valence-electron chi connectivity index (χ0n) is 19.0. The molecule has 33 heavy (non-hydrogen) atoms. The number of benzene rings is 1. The van der Waals surface area contributed by atoms with Crippen LogP contribution in [-0.2, 0) is 24.1 Å². The van der Waals surface area contributed by atoms with Crippen molar-refractivity contribution in [3.63, 3.8) is 0 Å². The summed E-state index contributed by atoms with van der Waals surface area (Å²) in [6, 6.07) is 6.95. The molecule has 1 saturated heterocycles. The van der Waals surface area contributed by atoms with E-state index in [0.29, 0.717) is 11.3 Å². The molecule has 1 saturated carbocycles. The maximum absolute atomic E-state index is 13.7. The molecule has 2 aromatic rings. The molecule has 0 unspecified atom stereocenters. The zero-order valence-corrected chi connectivity index (χ0v) is 19.0. The summed E-state index contributed by atoms with van der Waals surface area (Å²) in [6.45, 7) is 4.12. The number of ether oxygens (including phenoxy) is 1. The molecule has 1 N–H and O–H groups in total. The standard InChI is InChI=1S/C25H30F3N3O2/c1-16-9-17(12-31-13-19(14-31)24(32)29-2)7-8-23(16)33-15-20-10-22(25(26,27)28)21(11-30-20)18-5-3-4-6-18/h7-11,18-19H,3-6,12-15H2,1-2H3,(H,29,32). The molecule has 1 aromatic heterocycles. The molecule has 178 valence electrons. The van der Waals surface area contributed by atoms with Gasteiger partial charge in [-0.15, -0.1) is 0 Å². The van der Waals surface area contributed by atoms with Crippen molar-refractivity contribution < 1.29 is 22.7 Å². The van der Waals surface area contributed by atoms with Gasteiger partial charge in [0.25, 0.3) is 0 Å². The van der Waals surface area contributed by atoms with E-state index in [1.54, 1.807) is 7.05 Å². The third kappa shape index (κ3) is 5.49. The third-order valence-electron chi connectivity index (χ3n) is 6.69.